The molecule has 1 fully saturated rings. The van der Waals surface area contributed by atoms with E-state index in [-0.39, 0.29) is 0 Å². The summed E-state index contributed by atoms with van der Waals surface area (Å²) in [7, 11) is 0. The molecule has 1 heteroatoms. The fourth-order valence-electron chi connectivity index (χ4n) is 1.30. The summed E-state index contributed by atoms with van der Waals surface area (Å²) in [5.41, 5.74) is 0. The van der Waals surface area contributed by atoms with Gasteiger partial charge in [0.05, 0.1) is 12.2 Å². The predicted molar refractivity (Wildman–Crippen MR) is 43.0 cm³/mol. The summed E-state index contributed by atoms with van der Waals surface area (Å²) in [4.78, 5) is 0. The van der Waals surface area contributed by atoms with Crippen LogP contribution in [0.3, 0.4) is 0 Å². The van der Waals surface area contributed by atoms with Gasteiger partial charge in [-0.15, -0.1) is 0 Å². The summed E-state index contributed by atoms with van der Waals surface area (Å²) in [5.74, 6) is 1.41. The first kappa shape index (κ1) is 8.06. The third kappa shape index (κ3) is 1.51. The molecule has 60 valence electrons. The molecule has 0 bridgehead atoms. The normalized spacial score (nSPS) is 33.0. The van der Waals surface area contributed by atoms with Crippen molar-refractivity contribution in [3.8, 4) is 0 Å². The Bertz CT molecular complexity index is 89.3. The van der Waals surface area contributed by atoms with Crippen LogP contribution < -0.4 is 0 Å². The van der Waals surface area contributed by atoms with Crippen LogP contribution in [0.15, 0.2) is 0 Å². The van der Waals surface area contributed by atoms with Crippen LogP contribution in [0.25, 0.3) is 0 Å². The molecule has 0 amide bonds. The van der Waals surface area contributed by atoms with Gasteiger partial charge in [0.25, 0.3) is 0 Å². The molecule has 0 aromatic carbocycles. The van der Waals surface area contributed by atoms with Crippen molar-refractivity contribution in [2.45, 2.75) is 46.3 Å². The standard InChI is InChI=1S/C9H18O/c1-6(2)8-5-9(10-8)7(3)4/h6-9H,5H2,1-4H3. The van der Waals surface area contributed by atoms with Crippen molar-refractivity contribution in [1.29, 1.82) is 0 Å². The molecule has 0 spiro atoms. The van der Waals surface area contributed by atoms with Crippen molar-refractivity contribution in [1.82, 2.24) is 0 Å². The fourth-order valence-corrected chi connectivity index (χ4v) is 1.30. The first-order valence-electron chi connectivity index (χ1n) is 4.26. The van der Waals surface area contributed by atoms with E-state index in [0.717, 1.165) is 0 Å². The number of ether oxygens (including phenoxy) is 1. The van der Waals surface area contributed by atoms with Gasteiger partial charge in [-0.3, -0.25) is 0 Å². The molecule has 1 rings (SSSR count). The highest BCUT2D eigenvalue weighted by atomic mass is 16.5. The molecule has 1 heterocycles. The van der Waals surface area contributed by atoms with E-state index < -0.39 is 0 Å². The molecule has 2 unspecified atom stereocenters. The minimum absolute atomic E-state index is 0.549. The summed E-state index contributed by atoms with van der Waals surface area (Å²) in [6, 6.07) is 0. The average molecular weight is 142 g/mol. The molecule has 0 aliphatic carbocycles. The molecule has 0 radical (unpaired) electrons. The third-order valence-corrected chi connectivity index (χ3v) is 2.30. The maximum atomic E-state index is 5.66. The molecular formula is C9H18O. The van der Waals surface area contributed by atoms with Crippen molar-refractivity contribution >= 4 is 0 Å². The Kier molecular flexibility index (Phi) is 2.35. The Labute approximate surface area is 63.8 Å². The summed E-state index contributed by atoms with van der Waals surface area (Å²) in [5, 5.41) is 0. The first-order valence-corrected chi connectivity index (χ1v) is 4.26. The fraction of sp³-hybridized carbons (Fsp3) is 1.00. The first-order chi connectivity index (χ1) is 4.61. The lowest BCUT2D eigenvalue weighted by Gasteiger charge is -2.40. The van der Waals surface area contributed by atoms with E-state index in [0.29, 0.717) is 24.0 Å². The van der Waals surface area contributed by atoms with E-state index in [1.54, 1.807) is 0 Å². The van der Waals surface area contributed by atoms with Gasteiger partial charge < -0.3 is 4.74 Å². The largest absolute Gasteiger partial charge is 0.374 e. The zero-order chi connectivity index (χ0) is 7.72. The summed E-state index contributed by atoms with van der Waals surface area (Å²) in [6.07, 6.45) is 2.37. The molecule has 0 aromatic rings. The molecule has 1 aliphatic heterocycles. The Hall–Kier alpha value is -0.0400. The summed E-state index contributed by atoms with van der Waals surface area (Å²) in [6.45, 7) is 8.89. The molecule has 1 aliphatic rings. The van der Waals surface area contributed by atoms with Gasteiger partial charge in [-0.25, -0.2) is 0 Å². The van der Waals surface area contributed by atoms with Gasteiger partial charge in [-0.1, -0.05) is 27.7 Å². The second kappa shape index (κ2) is 2.91. The Morgan fingerprint density at radius 2 is 1.30 bits per heavy atom. The Balaban J connectivity index is 2.18. The second-order valence-corrected chi connectivity index (χ2v) is 3.94. The van der Waals surface area contributed by atoms with Crippen LogP contribution in [0.4, 0.5) is 0 Å². The monoisotopic (exact) mass is 142 g/mol. The highest BCUT2D eigenvalue weighted by molar-refractivity contribution is 4.81. The lowest BCUT2D eigenvalue weighted by atomic mass is 9.89. The zero-order valence-electron chi connectivity index (χ0n) is 7.42. The van der Waals surface area contributed by atoms with Crippen LogP contribution in [-0.2, 0) is 4.74 Å². The molecule has 0 saturated carbocycles. The number of hydrogen-bond acceptors (Lipinski definition) is 1. The maximum absolute atomic E-state index is 5.66. The van der Waals surface area contributed by atoms with Crippen LogP contribution in [0, 0.1) is 11.8 Å². The summed E-state index contributed by atoms with van der Waals surface area (Å²) < 4.78 is 5.66. The van der Waals surface area contributed by atoms with E-state index in [1.807, 2.05) is 0 Å². The maximum Gasteiger partial charge on any atom is 0.0626 e. The van der Waals surface area contributed by atoms with E-state index in [4.69, 9.17) is 4.74 Å². The van der Waals surface area contributed by atoms with Gasteiger partial charge in [-0.05, 0) is 11.8 Å². The third-order valence-electron chi connectivity index (χ3n) is 2.30. The second-order valence-electron chi connectivity index (χ2n) is 3.94. The Morgan fingerprint density at radius 1 is 1.00 bits per heavy atom. The van der Waals surface area contributed by atoms with Gasteiger partial charge in [-0.2, -0.15) is 0 Å². The molecular weight excluding hydrogens is 124 g/mol. The molecule has 1 nitrogen and oxygen atoms in total. The number of rotatable bonds is 2. The zero-order valence-corrected chi connectivity index (χ0v) is 7.42. The topological polar surface area (TPSA) is 9.23 Å². The minimum Gasteiger partial charge on any atom is -0.374 e. The average Bonchev–Trinajstić information content (AvgIpc) is 1.56. The molecule has 1 saturated heterocycles. The van der Waals surface area contributed by atoms with Crippen LogP contribution in [-0.4, -0.2) is 12.2 Å². The van der Waals surface area contributed by atoms with Crippen LogP contribution >= 0.6 is 0 Å². The SMILES string of the molecule is CC(C)C1CC(C(C)C)O1. The molecule has 10 heavy (non-hydrogen) atoms. The van der Waals surface area contributed by atoms with Gasteiger partial charge in [0.15, 0.2) is 0 Å². The van der Waals surface area contributed by atoms with Gasteiger partial charge in [0, 0.05) is 6.42 Å². The molecule has 0 N–H and O–H groups in total. The quantitative estimate of drug-likeness (QED) is 0.575. The highest BCUT2D eigenvalue weighted by Gasteiger charge is 2.33. The lowest BCUT2D eigenvalue weighted by Crippen LogP contribution is -2.43. The van der Waals surface area contributed by atoms with E-state index in [9.17, 15) is 0 Å². The van der Waals surface area contributed by atoms with E-state index >= 15 is 0 Å². The summed E-state index contributed by atoms with van der Waals surface area (Å²) >= 11 is 0. The molecule has 0 aromatic heterocycles. The van der Waals surface area contributed by atoms with Crippen molar-refractivity contribution in [3.05, 3.63) is 0 Å². The number of hydrogen-bond donors (Lipinski definition) is 0. The van der Waals surface area contributed by atoms with Crippen LogP contribution in [0.1, 0.15) is 34.1 Å². The van der Waals surface area contributed by atoms with Crippen molar-refractivity contribution in [2.24, 2.45) is 11.8 Å². The van der Waals surface area contributed by atoms with Crippen LogP contribution in [0.2, 0.25) is 0 Å². The van der Waals surface area contributed by atoms with Crippen LogP contribution in [0.5, 0.6) is 0 Å². The van der Waals surface area contributed by atoms with Crippen molar-refractivity contribution in [3.63, 3.8) is 0 Å². The Morgan fingerprint density at radius 3 is 1.50 bits per heavy atom. The smallest absolute Gasteiger partial charge is 0.0626 e. The highest BCUT2D eigenvalue weighted by Crippen LogP contribution is 2.30. The minimum atomic E-state index is 0.549. The van der Waals surface area contributed by atoms with Gasteiger partial charge >= 0.3 is 0 Å². The molecule has 2 atom stereocenters. The van der Waals surface area contributed by atoms with E-state index in [1.165, 1.54) is 6.42 Å². The van der Waals surface area contributed by atoms with Crippen molar-refractivity contribution in [2.75, 3.05) is 0 Å². The predicted octanol–water partition coefficient (Wildman–Crippen LogP) is 2.46. The lowest BCUT2D eigenvalue weighted by molar-refractivity contribution is -0.162. The van der Waals surface area contributed by atoms with Crippen molar-refractivity contribution < 1.29 is 4.74 Å². The van der Waals surface area contributed by atoms with E-state index in [2.05, 4.69) is 27.7 Å². The van der Waals surface area contributed by atoms with Gasteiger partial charge in [0.2, 0.25) is 0 Å². The van der Waals surface area contributed by atoms with Gasteiger partial charge in [0.1, 0.15) is 0 Å².